The number of aliphatic carboxylic acids is 1. The third kappa shape index (κ3) is 4.64. The highest BCUT2D eigenvalue weighted by Gasteiger charge is 2.27. The van der Waals surface area contributed by atoms with Crippen LogP contribution in [0.25, 0.3) is 0 Å². The SMILES string of the molecule is Cc1c(C2CCCC2)c(O)n(CCOCCOCCC(=O)O)c1O. The molecule has 0 radical (unpaired) electrons. The molecule has 0 bridgehead atoms. The molecule has 0 aliphatic heterocycles. The molecule has 1 aromatic heterocycles. The largest absolute Gasteiger partial charge is 0.494 e. The quantitative estimate of drug-likeness (QED) is 0.565. The highest BCUT2D eigenvalue weighted by molar-refractivity contribution is 5.66. The molecule has 7 heteroatoms. The topological polar surface area (TPSA) is 101 Å². The van der Waals surface area contributed by atoms with Gasteiger partial charge in [-0.25, -0.2) is 0 Å². The van der Waals surface area contributed by atoms with Crippen LogP contribution < -0.4 is 0 Å². The van der Waals surface area contributed by atoms with E-state index >= 15 is 0 Å². The fourth-order valence-electron chi connectivity index (χ4n) is 3.29. The maximum Gasteiger partial charge on any atom is 0.305 e. The zero-order valence-electron chi connectivity index (χ0n) is 14.2. The summed E-state index contributed by atoms with van der Waals surface area (Å²) >= 11 is 0. The van der Waals surface area contributed by atoms with Gasteiger partial charge in [-0.2, -0.15) is 0 Å². The minimum absolute atomic E-state index is 0.0195. The summed E-state index contributed by atoms with van der Waals surface area (Å²) in [5.41, 5.74) is 1.64. The van der Waals surface area contributed by atoms with E-state index in [2.05, 4.69) is 0 Å². The third-order valence-corrected chi connectivity index (χ3v) is 4.55. The predicted octanol–water partition coefficient (Wildman–Crippen LogP) is 2.37. The van der Waals surface area contributed by atoms with Crippen LogP contribution in [0.2, 0.25) is 0 Å². The summed E-state index contributed by atoms with van der Waals surface area (Å²) in [5.74, 6) is -0.294. The first kappa shape index (κ1) is 18.6. The number of carboxylic acid groups (broad SMARTS) is 1. The Labute approximate surface area is 141 Å². The minimum Gasteiger partial charge on any atom is -0.494 e. The molecule has 24 heavy (non-hydrogen) atoms. The summed E-state index contributed by atoms with van der Waals surface area (Å²) < 4.78 is 12.0. The molecule has 1 heterocycles. The Morgan fingerprint density at radius 1 is 1.08 bits per heavy atom. The van der Waals surface area contributed by atoms with Gasteiger partial charge in [-0.3, -0.25) is 9.36 Å². The van der Waals surface area contributed by atoms with E-state index in [0.29, 0.717) is 32.3 Å². The van der Waals surface area contributed by atoms with E-state index in [1.54, 1.807) is 0 Å². The highest BCUT2D eigenvalue weighted by atomic mass is 16.5. The van der Waals surface area contributed by atoms with E-state index in [-0.39, 0.29) is 24.8 Å². The van der Waals surface area contributed by atoms with E-state index in [1.807, 2.05) is 6.92 Å². The molecule has 3 N–H and O–H groups in total. The number of aromatic nitrogens is 1. The number of aromatic hydroxyl groups is 2. The van der Waals surface area contributed by atoms with Gasteiger partial charge in [0.1, 0.15) is 0 Å². The van der Waals surface area contributed by atoms with Crippen molar-refractivity contribution in [1.82, 2.24) is 4.57 Å². The lowest BCUT2D eigenvalue weighted by Crippen LogP contribution is -2.11. The fourth-order valence-corrected chi connectivity index (χ4v) is 3.29. The highest BCUT2D eigenvalue weighted by Crippen LogP contribution is 2.44. The summed E-state index contributed by atoms with van der Waals surface area (Å²) in [6.45, 7) is 3.38. The third-order valence-electron chi connectivity index (χ3n) is 4.55. The first-order chi connectivity index (χ1) is 11.5. The van der Waals surface area contributed by atoms with Gasteiger partial charge in [-0.15, -0.1) is 0 Å². The van der Waals surface area contributed by atoms with Crippen molar-refractivity contribution in [3.05, 3.63) is 11.1 Å². The smallest absolute Gasteiger partial charge is 0.305 e. The van der Waals surface area contributed by atoms with Crippen molar-refractivity contribution in [3.63, 3.8) is 0 Å². The Kier molecular flexibility index (Phi) is 6.93. The zero-order chi connectivity index (χ0) is 17.5. The van der Waals surface area contributed by atoms with Crippen molar-refractivity contribution in [2.45, 2.75) is 51.5 Å². The van der Waals surface area contributed by atoms with Crippen molar-refractivity contribution in [1.29, 1.82) is 0 Å². The van der Waals surface area contributed by atoms with E-state index in [9.17, 15) is 15.0 Å². The maximum absolute atomic E-state index is 10.4. The number of nitrogens with zero attached hydrogens (tertiary/aromatic N) is 1. The average molecular weight is 341 g/mol. The second kappa shape index (κ2) is 8.94. The second-order valence-electron chi connectivity index (χ2n) is 6.19. The number of hydrogen-bond acceptors (Lipinski definition) is 5. The van der Waals surface area contributed by atoms with Crippen LogP contribution in [-0.2, 0) is 20.8 Å². The van der Waals surface area contributed by atoms with Gasteiger partial charge in [0.15, 0.2) is 11.8 Å². The van der Waals surface area contributed by atoms with Crippen LogP contribution in [0.3, 0.4) is 0 Å². The van der Waals surface area contributed by atoms with E-state index in [4.69, 9.17) is 14.6 Å². The van der Waals surface area contributed by atoms with Crippen LogP contribution in [-0.4, -0.2) is 52.3 Å². The lowest BCUT2D eigenvalue weighted by atomic mass is 9.97. The molecule has 0 amide bonds. The van der Waals surface area contributed by atoms with Gasteiger partial charge in [-0.05, 0) is 25.7 Å². The van der Waals surface area contributed by atoms with Crippen LogP contribution in [0.4, 0.5) is 0 Å². The van der Waals surface area contributed by atoms with Gasteiger partial charge >= 0.3 is 5.97 Å². The Hall–Kier alpha value is -1.73. The van der Waals surface area contributed by atoms with Gasteiger partial charge in [0.25, 0.3) is 0 Å². The summed E-state index contributed by atoms with van der Waals surface area (Å²) in [7, 11) is 0. The Morgan fingerprint density at radius 2 is 1.71 bits per heavy atom. The predicted molar refractivity (Wildman–Crippen MR) is 87.6 cm³/mol. The van der Waals surface area contributed by atoms with Crippen LogP contribution in [0, 0.1) is 6.92 Å². The summed E-state index contributed by atoms with van der Waals surface area (Å²) in [6, 6.07) is 0. The zero-order valence-corrected chi connectivity index (χ0v) is 14.2. The number of carbonyl (C=O) groups is 1. The first-order valence-electron chi connectivity index (χ1n) is 8.50. The number of hydrogen-bond donors (Lipinski definition) is 3. The second-order valence-corrected chi connectivity index (χ2v) is 6.19. The molecular weight excluding hydrogens is 314 g/mol. The molecule has 0 unspecified atom stereocenters. The van der Waals surface area contributed by atoms with Crippen molar-refractivity contribution in [2.75, 3.05) is 26.4 Å². The van der Waals surface area contributed by atoms with Crippen LogP contribution in [0.1, 0.15) is 49.1 Å². The molecule has 1 saturated carbocycles. The Bertz CT molecular complexity index is 548. The molecule has 7 nitrogen and oxygen atoms in total. The van der Waals surface area contributed by atoms with Gasteiger partial charge in [0.05, 0.1) is 39.4 Å². The maximum atomic E-state index is 10.4. The average Bonchev–Trinajstić information content (AvgIpc) is 3.12. The monoisotopic (exact) mass is 341 g/mol. The van der Waals surface area contributed by atoms with Crippen molar-refractivity contribution in [3.8, 4) is 11.8 Å². The van der Waals surface area contributed by atoms with Gasteiger partial charge in [0.2, 0.25) is 0 Å². The van der Waals surface area contributed by atoms with Crippen LogP contribution >= 0.6 is 0 Å². The Balaban J connectivity index is 1.76. The molecule has 0 aromatic carbocycles. The molecule has 1 aromatic rings. The molecule has 136 valence electrons. The lowest BCUT2D eigenvalue weighted by Gasteiger charge is -2.10. The molecular formula is C17H27NO6. The number of carboxylic acids is 1. The molecule has 0 atom stereocenters. The van der Waals surface area contributed by atoms with Gasteiger partial charge in [-0.1, -0.05) is 12.8 Å². The van der Waals surface area contributed by atoms with Crippen LogP contribution in [0.15, 0.2) is 0 Å². The van der Waals surface area contributed by atoms with Crippen LogP contribution in [0.5, 0.6) is 11.8 Å². The summed E-state index contributed by atoms with van der Waals surface area (Å²) in [4.78, 5) is 10.3. The molecule has 1 aliphatic rings. The first-order valence-corrected chi connectivity index (χ1v) is 8.50. The minimum atomic E-state index is -0.886. The normalized spacial score (nSPS) is 15.2. The van der Waals surface area contributed by atoms with E-state index in [0.717, 1.165) is 24.0 Å². The number of ether oxygens (including phenoxy) is 2. The standard InChI is InChI=1S/C17H27NO6/c1-12-15(13-4-2-3-5-13)17(22)18(16(12)21)7-9-24-11-10-23-8-6-14(19)20/h13,21-22H,2-11H2,1H3,(H,19,20). The summed E-state index contributed by atoms with van der Waals surface area (Å²) in [6.07, 6.45) is 4.43. The van der Waals surface area contributed by atoms with Gasteiger partial charge < -0.3 is 24.8 Å². The molecule has 1 fully saturated rings. The molecule has 2 rings (SSSR count). The molecule has 0 saturated heterocycles. The molecule has 0 spiro atoms. The number of rotatable bonds is 10. The van der Waals surface area contributed by atoms with Gasteiger partial charge in [0, 0.05) is 11.1 Å². The van der Waals surface area contributed by atoms with Crippen molar-refractivity contribution in [2.24, 2.45) is 0 Å². The lowest BCUT2D eigenvalue weighted by molar-refractivity contribution is -0.138. The molecule has 1 aliphatic carbocycles. The van der Waals surface area contributed by atoms with Crippen molar-refractivity contribution >= 4 is 5.97 Å². The van der Waals surface area contributed by atoms with E-state index < -0.39 is 5.97 Å². The fraction of sp³-hybridized carbons (Fsp3) is 0.706. The Morgan fingerprint density at radius 3 is 2.33 bits per heavy atom. The van der Waals surface area contributed by atoms with E-state index in [1.165, 1.54) is 17.4 Å². The van der Waals surface area contributed by atoms with Crippen molar-refractivity contribution < 1.29 is 29.6 Å². The summed E-state index contributed by atoms with van der Waals surface area (Å²) in [5, 5.41) is 29.2.